The van der Waals surface area contributed by atoms with Crippen molar-refractivity contribution in [1.29, 1.82) is 0 Å². The van der Waals surface area contributed by atoms with Crippen LogP contribution in [0.1, 0.15) is 26.2 Å². The summed E-state index contributed by atoms with van der Waals surface area (Å²) in [7, 11) is 1.81. The summed E-state index contributed by atoms with van der Waals surface area (Å²) in [6.45, 7) is 4.40. The van der Waals surface area contributed by atoms with E-state index in [-0.39, 0.29) is 12.0 Å². The Bertz CT molecular complexity index is 256. The molecule has 5 heteroatoms. The summed E-state index contributed by atoms with van der Waals surface area (Å²) in [6.07, 6.45) is 2.18. The molecule has 0 aliphatic carbocycles. The van der Waals surface area contributed by atoms with Gasteiger partial charge in [0.15, 0.2) is 0 Å². The zero-order valence-corrected chi connectivity index (χ0v) is 10.1. The van der Waals surface area contributed by atoms with Crippen LogP contribution < -0.4 is 0 Å². The molecule has 1 aliphatic rings. The van der Waals surface area contributed by atoms with Crippen LogP contribution in [0.25, 0.3) is 0 Å². The molecule has 1 saturated heterocycles. The lowest BCUT2D eigenvalue weighted by molar-refractivity contribution is -0.130. The van der Waals surface area contributed by atoms with Gasteiger partial charge in [0.1, 0.15) is 6.61 Å². The van der Waals surface area contributed by atoms with Crippen LogP contribution in [0.4, 0.5) is 4.79 Å². The first kappa shape index (κ1) is 12.8. The Hall–Kier alpha value is -1.26. The van der Waals surface area contributed by atoms with Crippen LogP contribution in [0.2, 0.25) is 0 Å². The average molecular weight is 228 g/mol. The SMILES string of the molecule is CCCCN(C)C(=O)CCN1CCOC1=O. The van der Waals surface area contributed by atoms with Crippen LogP contribution in [-0.4, -0.2) is 55.1 Å². The topological polar surface area (TPSA) is 49.9 Å². The van der Waals surface area contributed by atoms with Gasteiger partial charge in [0, 0.05) is 26.6 Å². The number of rotatable bonds is 6. The Balaban J connectivity index is 2.21. The number of ether oxygens (including phenoxy) is 1. The summed E-state index contributed by atoms with van der Waals surface area (Å²) in [5, 5.41) is 0. The number of nitrogens with zero attached hydrogens (tertiary/aromatic N) is 2. The van der Waals surface area contributed by atoms with Gasteiger partial charge in [-0.15, -0.1) is 0 Å². The third-order valence-electron chi connectivity index (χ3n) is 2.71. The predicted molar refractivity (Wildman–Crippen MR) is 60.1 cm³/mol. The van der Waals surface area contributed by atoms with E-state index in [4.69, 9.17) is 4.74 Å². The predicted octanol–water partition coefficient (Wildman–Crippen LogP) is 1.09. The van der Waals surface area contributed by atoms with Gasteiger partial charge >= 0.3 is 6.09 Å². The molecule has 1 heterocycles. The Morgan fingerprint density at radius 1 is 1.56 bits per heavy atom. The van der Waals surface area contributed by atoms with Crippen LogP contribution in [0, 0.1) is 0 Å². The summed E-state index contributed by atoms with van der Waals surface area (Å²) in [5.74, 6) is 0.0909. The van der Waals surface area contributed by atoms with Crippen LogP contribution in [0.15, 0.2) is 0 Å². The smallest absolute Gasteiger partial charge is 0.409 e. The van der Waals surface area contributed by atoms with Crippen molar-refractivity contribution in [2.75, 3.05) is 33.3 Å². The maximum atomic E-state index is 11.7. The quantitative estimate of drug-likeness (QED) is 0.683. The van der Waals surface area contributed by atoms with Crippen LogP contribution in [-0.2, 0) is 9.53 Å². The third-order valence-corrected chi connectivity index (χ3v) is 2.71. The largest absolute Gasteiger partial charge is 0.448 e. The molecule has 0 atom stereocenters. The fraction of sp³-hybridized carbons (Fsp3) is 0.818. The van der Waals surface area contributed by atoms with E-state index in [1.54, 1.807) is 16.8 Å². The lowest BCUT2D eigenvalue weighted by atomic mass is 10.3. The molecule has 16 heavy (non-hydrogen) atoms. The lowest BCUT2D eigenvalue weighted by Crippen LogP contribution is -2.33. The van der Waals surface area contributed by atoms with E-state index in [0.717, 1.165) is 19.4 Å². The standard InChI is InChI=1S/C11H20N2O3/c1-3-4-6-12(2)10(14)5-7-13-8-9-16-11(13)15/h3-9H2,1-2H3. The second kappa shape index (κ2) is 6.35. The van der Waals surface area contributed by atoms with E-state index in [2.05, 4.69) is 6.92 Å². The highest BCUT2D eigenvalue weighted by Gasteiger charge is 2.22. The average Bonchev–Trinajstić information content (AvgIpc) is 2.68. The summed E-state index contributed by atoms with van der Waals surface area (Å²) < 4.78 is 4.79. The fourth-order valence-electron chi connectivity index (χ4n) is 1.57. The molecule has 1 fully saturated rings. The molecule has 0 aromatic carbocycles. The second-order valence-corrected chi connectivity index (χ2v) is 4.02. The van der Waals surface area contributed by atoms with Crippen molar-refractivity contribution >= 4 is 12.0 Å². The number of unbranched alkanes of at least 4 members (excludes halogenated alkanes) is 1. The Morgan fingerprint density at radius 3 is 2.88 bits per heavy atom. The minimum Gasteiger partial charge on any atom is -0.448 e. The molecular weight excluding hydrogens is 208 g/mol. The summed E-state index contributed by atoms with van der Waals surface area (Å²) in [4.78, 5) is 26.1. The first-order chi connectivity index (χ1) is 7.65. The maximum absolute atomic E-state index is 11.7. The molecule has 1 rings (SSSR count). The number of amides is 2. The third kappa shape index (κ3) is 3.72. The van der Waals surface area contributed by atoms with Crippen molar-refractivity contribution in [2.24, 2.45) is 0 Å². The number of cyclic esters (lactones) is 1. The van der Waals surface area contributed by atoms with Gasteiger partial charge in [-0.1, -0.05) is 13.3 Å². The maximum Gasteiger partial charge on any atom is 0.409 e. The van der Waals surface area contributed by atoms with E-state index in [1.165, 1.54) is 0 Å². The van der Waals surface area contributed by atoms with Crippen molar-refractivity contribution in [3.05, 3.63) is 0 Å². The van der Waals surface area contributed by atoms with Crippen molar-refractivity contribution in [3.63, 3.8) is 0 Å². The number of carbonyl (C=O) groups is 2. The van der Waals surface area contributed by atoms with Crippen molar-refractivity contribution < 1.29 is 14.3 Å². The molecule has 0 aromatic rings. The number of hydrogen-bond acceptors (Lipinski definition) is 3. The highest BCUT2D eigenvalue weighted by molar-refractivity contribution is 5.77. The van der Waals surface area contributed by atoms with Gasteiger partial charge < -0.3 is 14.5 Å². The Morgan fingerprint density at radius 2 is 2.31 bits per heavy atom. The van der Waals surface area contributed by atoms with Gasteiger partial charge in [0.05, 0.1) is 6.54 Å². The second-order valence-electron chi connectivity index (χ2n) is 4.02. The molecule has 2 amide bonds. The minimum absolute atomic E-state index is 0.0909. The van der Waals surface area contributed by atoms with Crippen molar-refractivity contribution in [2.45, 2.75) is 26.2 Å². The zero-order valence-electron chi connectivity index (χ0n) is 10.1. The van der Waals surface area contributed by atoms with Gasteiger partial charge in [0.2, 0.25) is 5.91 Å². The van der Waals surface area contributed by atoms with E-state index < -0.39 is 0 Å². The van der Waals surface area contributed by atoms with Crippen LogP contribution >= 0.6 is 0 Å². The van der Waals surface area contributed by atoms with Gasteiger partial charge in [-0.25, -0.2) is 4.79 Å². The van der Waals surface area contributed by atoms with E-state index in [1.807, 2.05) is 0 Å². The molecule has 0 spiro atoms. The van der Waals surface area contributed by atoms with Crippen molar-refractivity contribution in [3.8, 4) is 0 Å². The molecular formula is C11H20N2O3. The van der Waals surface area contributed by atoms with Gasteiger partial charge in [-0.3, -0.25) is 4.79 Å². The van der Waals surface area contributed by atoms with Gasteiger partial charge in [-0.2, -0.15) is 0 Å². The zero-order chi connectivity index (χ0) is 12.0. The highest BCUT2D eigenvalue weighted by Crippen LogP contribution is 2.05. The highest BCUT2D eigenvalue weighted by atomic mass is 16.6. The summed E-state index contributed by atoms with van der Waals surface area (Å²) in [5.41, 5.74) is 0. The van der Waals surface area contributed by atoms with Gasteiger partial charge in [-0.05, 0) is 6.42 Å². The minimum atomic E-state index is -0.302. The molecule has 5 nitrogen and oxygen atoms in total. The normalized spacial score (nSPS) is 15.1. The van der Waals surface area contributed by atoms with E-state index >= 15 is 0 Å². The molecule has 0 aromatic heterocycles. The van der Waals surface area contributed by atoms with E-state index in [9.17, 15) is 9.59 Å². The number of carbonyl (C=O) groups excluding carboxylic acids is 2. The van der Waals surface area contributed by atoms with Crippen LogP contribution in [0.3, 0.4) is 0 Å². The first-order valence-electron chi connectivity index (χ1n) is 5.80. The molecule has 1 aliphatic heterocycles. The first-order valence-corrected chi connectivity index (χ1v) is 5.80. The number of hydrogen-bond donors (Lipinski definition) is 0. The Kier molecular flexibility index (Phi) is 5.08. The summed E-state index contributed by atoms with van der Waals surface area (Å²) >= 11 is 0. The molecule has 0 N–H and O–H groups in total. The monoisotopic (exact) mass is 228 g/mol. The fourth-order valence-corrected chi connectivity index (χ4v) is 1.57. The molecule has 0 bridgehead atoms. The van der Waals surface area contributed by atoms with Gasteiger partial charge in [0.25, 0.3) is 0 Å². The van der Waals surface area contributed by atoms with Crippen molar-refractivity contribution in [1.82, 2.24) is 9.80 Å². The molecule has 92 valence electrons. The molecule has 0 radical (unpaired) electrons. The lowest BCUT2D eigenvalue weighted by Gasteiger charge is -2.18. The van der Waals surface area contributed by atoms with E-state index in [0.29, 0.717) is 26.1 Å². The molecule has 0 unspecified atom stereocenters. The Labute approximate surface area is 96.3 Å². The molecule has 0 saturated carbocycles. The summed E-state index contributed by atoms with van der Waals surface area (Å²) in [6, 6.07) is 0. The van der Waals surface area contributed by atoms with Crippen LogP contribution in [0.5, 0.6) is 0 Å².